The molecule has 0 radical (unpaired) electrons. The highest BCUT2D eigenvalue weighted by Crippen LogP contribution is 2.23. The lowest BCUT2D eigenvalue weighted by Crippen LogP contribution is -2.10. The van der Waals surface area contributed by atoms with Gasteiger partial charge in [-0.15, -0.1) is 0 Å². The Morgan fingerprint density at radius 3 is 2.27 bits per heavy atom. The van der Waals surface area contributed by atoms with Gasteiger partial charge in [-0.05, 0) is 24.3 Å². The fourth-order valence-corrected chi connectivity index (χ4v) is 2.08. The van der Waals surface area contributed by atoms with Gasteiger partial charge in [0.1, 0.15) is 0 Å². The fourth-order valence-electron chi connectivity index (χ4n) is 2.08. The molecule has 0 spiro atoms. The van der Waals surface area contributed by atoms with Gasteiger partial charge in [-0.2, -0.15) is 0 Å². The standard InChI is InChI=1S/C17H28O.C2H4O2/c1-4-5-13-18-14-17(12-11-15(2)3)16-9-7-6-8-10-16;1-2(3)4/h6-10,15,17H,4-5,11-14H2,1-3H3;1H3,(H,3,4). The van der Waals surface area contributed by atoms with Crippen molar-refractivity contribution in [1.82, 2.24) is 0 Å². The number of benzene rings is 1. The van der Waals surface area contributed by atoms with Gasteiger partial charge in [0.25, 0.3) is 5.97 Å². The van der Waals surface area contributed by atoms with E-state index in [1.54, 1.807) is 0 Å². The average molecular weight is 308 g/mol. The molecule has 126 valence electrons. The minimum absolute atomic E-state index is 0.561. The minimum atomic E-state index is -0.833. The Labute approximate surface area is 135 Å². The van der Waals surface area contributed by atoms with Crippen molar-refractivity contribution in [3.8, 4) is 0 Å². The van der Waals surface area contributed by atoms with E-state index in [4.69, 9.17) is 14.6 Å². The summed E-state index contributed by atoms with van der Waals surface area (Å²) in [6.07, 6.45) is 4.89. The molecule has 1 atom stereocenters. The summed E-state index contributed by atoms with van der Waals surface area (Å²) in [5, 5.41) is 7.42. The second kappa shape index (κ2) is 13.3. The Kier molecular flexibility index (Phi) is 12.5. The summed E-state index contributed by atoms with van der Waals surface area (Å²) < 4.78 is 5.82. The molecule has 0 aliphatic heterocycles. The van der Waals surface area contributed by atoms with Crippen molar-refractivity contribution in [3.63, 3.8) is 0 Å². The van der Waals surface area contributed by atoms with E-state index in [0.717, 1.165) is 26.1 Å². The van der Waals surface area contributed by atoms with Gasteiger partial charge in [0.05, 0.1) is 6.61 Å². The Morgan fingerprint density at radius 2 is 1.77 bits per heavy atom. The van der Waals surface area contributed by atoms with Crippen molar-refractivity contribution in [3.05, 3.63) is 35.9 Å². The van der Waals surface area contributed by atoms with Crippen LogP contribution < -0.4 is 0 Å². The first-order chi connectivity index (χ1) is 10.5. The zero-order valence-corrected chi connectivity index (χ0v) is 14.5. The molecule has 1 aromatic carbocycles. The van der Waals surface area contributed by atoms with Crippen LogP contribution in [0.25, 0.3) is 0 Å². The number of aliphatic carboxylic acids is 1. The predicted molar refractivity (Wildman–Crippen MR) is 92.3 cm³/mol. The first kappa shape index (κ1) is 20.6. The summed E-state index contributed by atoms with van der Waals surface area (Å²) in [6.45, 7) is 9.65. The van der Waals surface area contributed by atoms with Crippen molar-refractivity contribution in [2.24, 2.45) is 5.92 Å². The van der Waals surface area contributed by atoms with Crippen molar-refractivity contribution in [2.45, 2.75) is 59.3 Å². The number of hydrogen-bond acceptors (Lipinski definition) is 2. The van der Waals surface area contributed by atoms with Crippen molar-refractivity contribution in [2.75, 3.05) is 13.2 Å². The molecule has 0 aliphatic rings. The van der Waals surface area contributed by atoms with Crippen molar-refractivity contribution in [1.29, 1.82) is 0 Å². The Bertz CT molecular complexity index is 370. The van der Waals surface area contributed by atoms with Crippen LogP contribution in [0.15, 0.2) is 30.3 Å². The molecule has 0 saturated heterocycles. The molecule has 1 rings (SSSR count). The maximum absolute atomic E-state index is 9.00. The summed E-state index contributed by atoms with van der Waals surface area (Å²) in [5.74, 6) is 0.498. The third-order valence-corrected chi connectivity index (χ3v) is 3.32. The number of unbranched alkanes of at least 4 members (excludes halogenated alkanes) is 1. The molecule has 0 amide bonds. The van der Waals surface area contributed by atoms with E-state index in [9.17, 15) is 0 Å². The van der Waals surface area contributed by atoms with Crippen LogP contribution in [0.2, 0.25) is 0 Å². The van der Waals surface area contributed by atoms with E-state index in [-0.39, 0.29) is 0 Å². The molecule has 0 aliphatic carbocycles. The molecular formula is C19H32O3. The van der Waals surface area contributed by atoms with E-state index >= 15 is 0 Å². The van der Waals surface area contributed by atoms with E-state index in [0.29, 0.717) is 5.92 Å². The molecule has 0 heterocycles. The molecule has 0 fully saturated rings. The zero-order valence-electron chi connectivity index (χ0n) is 14.5. The Balaban J connectivity index is 0.000000980. The highest BCUT2D eigenvalue weighted by atomic mass is 16.5. The summed E-state index contributed by atoms with van der Waals surface area (Å²) in [4.78, 5) is 9.00. The minimum Gasteiger partial charge on any atom is -0.481 e. The molecule has 1 unspecified atom stereocenters. The molecule has 22 heavy (non-hydrogen) atoms. The highest BCUT2D eigenvalue weighted by Gasteiger charge is 2.12. The predicted octanol–water partition coefficient (Wildman–Crippen LogP) is 5.11. The summed E-state index contributed by atoms with van der Waals surface area (Å²) >= 11 is 0. The van der Waals surface area contributed by atoms with Crippen molar-refractivity contribution >= 4 is 5.97 Å². The first-order valence-corrected chi connectivity index (χ1v) is 8.29. The van der Waals surface area contributed by atoms with Gasteiger partial charge < -0.3 is 9.84 Å². The fraction of sp³-hybridized carbons (Fsp3) is 0.632. The van der Waals surface area contributed by atoms with Gasteiger partial charge in [0.15, 0.2) is 0 Å². The SMILES string of the molecule is CC(=O)O.CCCCOCC(CCC(C)C)c1ccccc1. The topological polar surface area (TPSA) is 46.5 Å². The lowest BCUT2D eigenvalue weighted by Gasteiger charge is -2.18. The molecule has 0 aromatic heterocycles. The van der Waals surface area contributed by atoms with Crippen molar-refractivity contribution < 1.29 is 14.6 Å². The zero-order chi connectivity index (χ0) is 16.8. The molecule has 1 aromatic rings. The van der Waals surface area contributed by atoms with Gasteiger partial charge in [0.2, 0.25) is 0 Å². The van der Waals surface area contributed by atoms with E-state index < -0.39 is 5.97 Å². The number of ether oxygens (including phenoxy) is 1. The van der Waals surface area contributed by atoms with Crippen LogP contribution in [-0.2, 0) is 9.53 Å². The van der Waals surface area contributed by atoms with Crippen LogP contribution in [-0.4, -0.2) is 24.3 Å². The summed E-state index contributed by atoms with van der Waals surface area (Å²) in [7, 11) is 0. The maximum Gasteiger partial charge on any atom is 0.300 e. The van der Waals surface area contributed by atoms with Crippen LogP contribution in [0, 0.1) is 5.92 Å². The molecule has 0 bridgehead atoms. The number of hydrogen-bond donors (Lipinski definition) is 1. The first-order valence-electron chi connectivity index (χ1n) is 8.29. The van der Waals surface area contributed by atoms with Crippen LogP contribution in [0.1, 0.15) is 64.9 Å². The van der Waals surface area contributed by atoms with Crippen LogP contribution in [0.4, 0.5) is 0 Å². The largest absolute Gasteiger partial charge is 0.481 e. The Hall–Kier alpha value is -1.35. The number of carboxylic acid groups (broad SMARTS) is 1. The molecule has 3 nitrogen and oxygen atoms in total. The second-order valence-corrected chi connectivity index (χ2v) is 6.03. The number of rotatable bonds is 9. The van der Waals surface area contributed by atoms with Crippen LogP contribution in [0.3, 0.4) is 0 Å². The number of carboxylic acids is 1. The molecule has 3 heteroatoms. The summed E-state index contributed by atoms with van der Waals surface area (Å²) in [6, 6.07) is 10.8. The quantitative estimate of drug-likeness (QED) is 0.644. The summed E-state index contributed by atoms with van der Waals surface area (Å²) in [5.41, 5.74) is 1.43. The monoisotopic (exact) mass is 308 g/mol. The smallest absolute Gasteiger partial charge is 0.300 e. The van der Waals surface area contributed by atoms with Gasteiger partial charge in [-0.3, -0.25) is 4.79 Å². The Morgan fingerprint density at radius 1 is 1.18 bits per heavy atom. The molecular weight excluding hydrogens is 276 g/mol. The molecule has 1 N–H and O–H groups in total. The second-order valence-electron chi connectivity index (χ2n) is 6.03. The van der Waals surface area contributed by atoms with E-state index in [1.807, 2.05) is 0 Å². The lowest BCUT2D eigenvalue weighted by atomic mass is 9.92. The van der Waals surface area contributed by atoms with Crippen LogP contribution >= 0.6 is 0 Å². The third-order valence-electron chi connectivity index (χ3n) is 3.32. The highest BCUT2D eigenvalue weighted by molar-refractivity contribution is 5.62. The van der Waals surface area contributed by atoms with Crippen LogP contribution in [0.5, 0.6) is 0 Å². The van der Waals surface area contributed by atoms with Gasteiger partial charge in [-0.25, -0.2) is 0 Å². The van der Waals surface area contributed by atoms with E-state index in [1.165, 1.54) is 31.2 Å². The lowest BCUT2D eigenvalue weighted by molar-refractivity contribution is -0.134. The third kappa shape index (κ3) is 12.4. The number of carbonyl (C=O) groups is 1. The van der Waals surface area contributed by atoms with E-state index in [2.05, 4.69) is 51.1 Å². The average Bonchev–Trinajstić information content (AvgIpc) is 2.46. The van der Waals surface area contributed by atoms with Gasteiger partial charge >= 0.3 is 0 Å². The normalized spacial score (nSPS) is 11.7. The maximum atomic E-state index is 9.00. The van der Waals surface area contributed by atoms with Gasteiger partial charge in [-0.1, -0.05) is 63.9 Å². The van der Waals surface area contributed by atoms with Gasteiger partial charge in [0, 0.05) is 19.4 Å². The molecule has 0 saturated carbocycles.